The molecule has 192 valence electrons. The Hall–Kier alpha value is -3.21. The second-order valence-corrected chi connectivity index (χ2v) is 12.2. The number of carbonyl (C=O) groups is 3. The minimum atomic E-state index is -0.0165. The Morgan fingerprint density at radius 3 is 2.35 bits per heavy atom. The van der Waals surface area contributed by atoms with Crippen molar-refractivity contribution in [2.45, 2.75) is 58.4 Å². The standard InChI is InChI=1S/C32H36N2O3/c1-31-18-16-25-23(12-15-27-32(25,2)19-17-28(35)34-27)24(31)13-14-26(31)30(37)33-22-10-8-21(9-11-22)29(36)20-6-4-3-5-7-20/h3-11,17,19,23-27H,12-16,18H2,1-2H3,(H,33,37)(H,34,35)/t23-,24-,25-,26+,27+,31-,32+/m0/s1. The van der Waals surface area contributed by atoms with E-state index in [4.69, 9.17) is 0 Å². The number of fused-ring (bicyclic) bond motifs is 5. The number of benzene rings is 2. The van der Waals surface area contributed by atoms with Crippen molar-refractivity contribution in [3.05, 3.63) is 77.9 Å². The molecular weight excluding hydrogens is 460 g/mol. The lowest BCUT2D eigenvalue weighted by Gasteiger charge is -2.58. The average molecular weight is 497 g/mol. The van der Waals surface area contributed by atoms with E-state index >= 15 is 0 Å². The van der Waals surface area contributed by atoms with Crippen LogP contribution >= 0.6 is 0 Å². The molecule has 1 aliphatic heterocycles. The average Bonchev–Trinajstić information content (AvgIpc) is 3.27. The van der Waals surface area contributed by atoms with Gasteiger partial charge in [-0.2, -0.15) is 0 Å². The van der Waals surface area contributed by atoms with Crippen molar-refractivity contribution in [2.75, 3.05) is 5.32 Å². The van der Waals surface area contributed by atoms with Gasteiger partial charge in [0, 0.05) is 34.2 Å². The van der Waals surface area contributed by atoms with E-state index in [1.165, 1.54) is 0 Å². The van der Waals surface area contributed by atoms with Crippen LogP contribution in [0.5, 0.6) is 0 Å². The molecular formula is C32H36N2O3. The van der Waals surface area contributed by atoms with Crippen molar-refractivity contribution in [1.82, 2.24) is 5.32 Å². The zero-order valence-electron chi connectivity index (χ0n) is 21.7. The van der Waals surface area contributed by atoms with Crippen LogP contribution in [0, 0.1) is 34.5 Å². The molecule has 0 radical (unpaired) electrons. The van der Waals surface area contributed by atoms with Gasteiger partial charge in [0.15, 0.2) is 5.78 Å². The van der Waals surface area contributed by atoms with Gasteiger partial charge in [-0.15, -0.1) is 0 Å². The molecule has 3 fully saturated rings. The summed E-state index contributed by atoms with van der Waals surface area (Å²) in [5, 5.41) is 6.39. The summed E-state index contributed by atoms with van der Waals surface area (Å²) in [6.45, 7) is 4.68. The zero-order chi connectivity index (χ0) is 25.8. The maximum absolute atomic E-state index is 13.6. The lowest BCUT2D eigenvalue weighted by Crippen LogP contribution is -2.59. The van der Waals surface area contributed by atoms with Gasteiger partial charge in [-0.1, -0.05) is 50.3 Å². The normalized spacial score (nSPS) is 36.1. The van der Waals surface area contributed by atoms with Crippen LogP contribution in [-0.2, 0) is 9.59 Å². The Kier molecular flexibility index (Phi) is 5.85. The van der Waals surface area contributed by atoms with Gasteiger partial charge < -0.3 is 10.6 Å². The first-order valence-electron chi connectivity index (χ1n) is 13.8. The van der Waals surface area contributed by atoms with Gasteiger partial charge in [0.2, 0.25) is 11.8 Å². The van der Waals surface area contributed by atoms with E-state index < -0.39 is 0 Å². The highest BCUT2D eigenvalue weighted by atomic mass is 16.2. The summed E-state index contributed by atoms with van der Waals surface area (Å²) < 4.78 is 0. The molecule has 0 saturated heterocycles. The fraction of sp³-hybridized carbons (Fsp3) is 0.469. The molecule has 4 aliphatic rings. The minimum Gasteiger partial charge on any atom is -0.349 e. The highest BCUT2D eigenvalue weighted by Gasteiger charge is 2.60. The lowest BCUT2D eigenvalue weighted by molar-refractivity contribution is -0.129. The van der Waals surface area contributed by atoms with Crippen molar-refractivity contribution in [3.8, 4) is 0 Å². The van der Waals surface area contributed by atoms with Crippen LogP contribution in [0.2, 0.25) is 0 Å². The second kappa shape index (κ2) is 8.97. The maximum atomic E-state index is 13.6. The quantitative estimate of drug-likeness (QED) is 0.528. The SMILES string of the molecule is C[C@]12C=CC(=O)N[C@@H]1CC[C@@H]1[C@@H]2CC[C@]2(C)[C@@H](C(=O)Nc3ccc(C(=O)c4ccccc4)cc3)CC[C@@H]12. The first-order valence-corrected chi connectivity index (χ1v) is 13.8. The maximum Gasteiger partial charge on any atom is 0.243 e. The van der Waals surface area contributed by atoms with Gasteiger partial charge in [0.05, 0.1) is 0 Å². The number of hydrogen-bond donors (Lipinski definition) is 2. The van der Waals surface area contributed by atoms with E-state index in [2.05, 4.69) is 30.6 Å². The molecule has 0 unspecified atom stereocenters. The van der Waals surface area contributed by atoms with Crippen LogP contribution in [-0.4, -0.2) is 23.6 Å². The van der Waals surface area contributed by atoms with Crippen molar-refractivity contribution in [1.29, 1.82) is 0 Å². The fourth-order valence-electron chi connectivity index (χ4n) is 8.45. The molecule has 6 rings (SSSR count). The Morgan fingerprint density at radius 2 is 1.59 bits per heavy atom. The van der Waals surface area contributed by atoms with Gasteiger partial charge in [0.1, 0.15) is 0 Å². The summed E-state index contributed by atoms with van der Waals surface area (Å²) in [5.74, 6) is 1.82. The van der Waals surface area contributed by atoms with E-state index in [0.29, 0.717) is 28.9 Å². The number of nitrogens with one attached hydrogen (secondary N) is 2. The summed E-state index contributed by atoms with van der Waals surface area (Å²) in [7, 11) is 0. The second-order valence-electron chi connectivity index (χ2n) is 12.2. The molecule has 0 bridgehead atoms. The number of amides is 2. The predicted molar refractivity (Wildman–Crippen MR) is 144 cm³/mol. The molecule has 3 saturated carbocycles. The van der Waals surface area contributed by atoms with Crippen molar-refractivity contribution in [2.24, 2.45) is 34.5 Å². The molecule has 2 N–H and O–H groups in total. The number of hydrogen-bond acceptors (Lipinski definition) is 3. The van der Waals surface area contributed by atoms with Crippen LogP contribution < -0.4 is 10.6 Å². The van der Waals surface area contributed by atoms with Crippen LogP contribution in [0.15, 0.2) is 66.7 Å². The molecule has 1 heterocycles. The molecule has 7 atom stereocenters. The third kappa shape index (κ3) is 3.94. The molecule has 0 spiro atoms. The zero-order valence-corrected chi connectivity index (χ0v) is 21.7. The smallest absolute Gasteiger partial charge is 0.243 e. The first kappa shape index (κ1) is 24.1. The van der Waals surface area contributed by atoms with Gasteiger partial charge >= 0.3 is 0 Å². The summed E-state index contributed by atoms with van der Waals surface area (Å²) in [4.78, 5) is 38.3. The molecule has 37 heavy (non-hydrogen) atoms. The highest BCUT2D eigenvalue weighted by Crippen LogP contribution is 2.65. The molecule has 2 aromatic rings. The number of rotatable bonds is 4. The summed E-state index contributed by atoms with van der Waals surface area (Å²) in [6.07, 6.45) is 10.2. The molecule has 3 aliphatic carbocycles. The summed E-state index contributed by atoms with van der Waals surface area (Å²) >= 11 is 0. The number of ketones is 1. The van der Waals surface area contributed by atoms with Crippen LogP contribution in [0.25, 0.3) is 0 Å². The van der Waals surface area contributed by atoms with E-state index in [-0.39, 0.29) is 40.4 Å². The Morgan fingerprint density at radius 1 is 0.865 bits per heavy atom. The Bertz CT molecular complexity index is 1250. The van der Waals surface area contributed by atoms with Gasteiger partial charge in [0.25, 0.3) is 0 Å². The molecule has 2 amide bonds. The van der Waals surface area contributed by atoms with E-state index in [0.717, 1.165) is 44.2 Å². The molecule has 0 aromatic heterocycles. The number of carbonyl (C=O) groups excluding carboxylic acids is 3. The third-order valence-corrected chi connectivity index (χ3v) is 10.5. The minimum absolute atomic E-state index is 0.000703. The predicted octanol–water partition coefficient (Wildman–Crippen LogP) is 5.77. The molecule has 2 aromatic carbocycles. The first-order chi connectivity index (χ1) is 17.8. The van der Waals surface area contributed by atoms with Crippen LogP contribution in [0.4, 0.5) is 5.69 Å². The van der Waals surface area contributed by atoms with Crippen molar-refractivity contribution < 1.29 is 14.4 Å². The van der Waals surface area contributed by atoms with Crippen LogP contribution in [0.1, 0.15) is 68.3 Å². The lowest BCUT2D eigenvalue weighted by atomic mass is 9.48. The van der Waals surface area contributed by atoms with Crippen molar-refractivity contribution in [3.63, 3.8) is 0 Å². The topological polar surface area (TPSA) is 75.3 Å². The van der Waals surface area contributed by atoms with Gasteiger partial charge in [-0.25, -0.2) is 0 Å². The highest BCUT2D eigenvalue weighted by molar-refractivity contribution is 6.09. The van der Waals surface area contributed by atoms with E-state index in [1.807, 2.05) is 42.5 Å². The summed E-state index contributed by atoms with van der Waals surface area (Å²) in [5.41, 5.74) is 2.03. The molecule has 5 nitrogen and oxygen atoms in total. The van der Waals surface area contributed by atoms with E-state index in [9.17, 15) is 14.4 Å². The summed E-state index contributed by atoms with van der Waals surface area (Å²) in [6, 6.07) is 16.8. The third-order valence-electron chi connectivity index (χ3n) is 10.5. The van der Waals surface area contributed by atoms with Crippen molar-refractivity contribution >= 4 is 23.3 Å². The van der Waals surface area contributed by atoms with Gasteiger partial charge in [-0.3, -0.25) is 14.4 Å². The van der Waals surface area contributed by atoms with Crippen LogP contribution in [0.3, 0.4) is 0 Å². The number of anilines is 1. The van der Waals surface area contributed by atoms with Gasteiger partial charge in [-0.05, 0) is 92.0 Å². The Balaban J connectivity index is 1.15. The molecule has 5 heteroatoms. The Labute approximate surface area is 219 Å². The largest absolute Gasteiger partial charge is 0.349 e. The fourth-order valence-corrected chi connectivity index (χ4v) is 8.45. The van der Waals surface area contributed by atoms with E-state index in [1.54, 1.807) is 18.2 Å². The monoisotopic (exact) mass is 496 g/mol.